The van der Waals surface area contributed by atoms with Crippen molar-refractivity contribution < 1.29 is 9.47 Å². The lowest BCUT2D eigenvalue weighted by molar-refractivity contribution is -0.168. The molecule has 1 fully saturated rings. The van der Waals surface area contributed by atoms with Gasteiger partial charge in [-0.3, -0.25) is 0 Å². The Hall–Kier alpha value is -2.13. The fourth-order valence-corrected chi connectivity index (χ4v) is 4.14. The van der Waals surface area contributed by atoms with E-state index in [1.54, 1.807) is 0 Å². The topological polar surface area (TPSA) is 68.3 Å². The molecule has 0 radical (unpaired) electrons. The number of hydrogen-bond donors (Lipinski definition) is 2. The van der Waals surface area contributed by atoms with E-state index in [1.165, 1.54) is 18.2 Å². The molecule has 1 saturated heterocycles. The van der Waals surface area contributed by atoms with E-state index in [2.05, 4.69) is 48.7 Å². The Kier molecular flexibility index (Phi) is 8.39. The third kappa shape index (κ3) is 6.45. The number of hydrogen-bond acceptors (Lipinski definition) is 7. The summed E-state index contributed by atoms with van der Waals surface area (Å²) in [5.41, 5.74) is 4.10. The van der Waals surface area contributed by atoms with Crippen LogP contribution in [0.2, 0.25) is 0 Å². The summed E-state index contributed by atoms with van der Waals surface area (Å²) >= 11 is 5.10. The zero-order chi connectivity index (χ0) is 22.2. The van der Waals surface area contributed by atoms with Crippen molar-refractivity contribution in [1.29, 1.82) is 0 Å². The first-order valence-electron chi connectivity index (χ1n) is 10.7. The molecule has 2 heterocycles. The lowest BCUT2D eigenvalue weighted by atomic mass is 10.2. The van der Waals surface area contributed by atoms with Crippen LogP contribution in [0.5, 0.6) is 0 Å². The predicted molar refractivity (Wildman–Crippen MR) is 133 cm³/mol. The molecule has 0 saturated carbocycles. The zero-order valence-corrected chi connectivity index (χ0v) is 20.4. The van der Waals surface area contributed by atoms with Crippen LogP contribution in [-0.2, 0) is 22.6 Å². The van der Waals surface area contributed by atoms with Crippen LogP contribution < -0.4 is 10.6 Å². The van der Waals surface area contributed by atoms with Crippen LogP contribution in [-0.4, -0.2) is 29.1 Å². The maximum absolute atomic E-state index is 5.88. The van der Waals surface area contributed by atoms with Crippen LogP contribution in [0.3, 0.4) is 0 Å². The van der Waals surface area contributed by atoms with Crippen LogP contribution >= 0.6 is 27.7 Å². The average molecular weight is 515 g/mol. The quantitative estimate of drug-likeness (QED) is 0.254. The predicted octanol–water partition coefficient (Wildman–Crippen LogP) is 6.36. The van der Waals surface area contributed by atoms with Gasteiger partial charge in [-0.1, -0.05) is 36.0 Å². The lowest BCUT2D eigenvalue weighted by Crippen LogP contribution is -2.21. The molecule has 1 aliphatic heterocycles. The highest BCUT2D eigenvalue weighted by Gasteiger charge is 2.14. The number of ether oxygens (including phenoxy) is 2. The van der Waals surface area contributed by atoms with Crippen molar-refractivity contribution in [3.05, 3.63) is 70.3 Å². The van der Waals surface area contributed by atoms with Gasteiger partial charge < -0.3 is 20.1 Å². The minimum atomic E-state index is -0.0766. The van der Waals surface area contributed by atoms with Crippen LogP contribution in [0.4, 0.5) is 17.2 Å². The molecule has 0 spiro atoms. The fraction of sp³-hybridized carbons (Fsp3) is 0.333. The Bertz CT molecular complexity index is 1010. The Labute approximate surface area is 201 Å². The average Bonchev–Trinajstić information content (AvgIpc) is 2.84. The minimum Gasteiger partial charge on any atom is -0.380 e. The number of nitrogens with one attached hydrogen (secondary N) is 2. The molecule has 1 atom stereocenters. The normalized spacial score (nSPS) is 16.0. The van der Waals surface area contributed by atoms with E-state index in [-0.39, 0.29) is 6.29 Å². The molecule has 6 nitrogen and oxygen atoms in total. The van der Waals surface area contributed by atoms with Gasteiger partial charge in [0.05, 0.1) is 6.61 Å². The summed E-state index contributed by atoms with van der Waals surface area (Å²) in [4.78, 5) is 9.14. The number of aromatic nitrogens is 2. The van der Waals surface area contributed by atoms with Crippen molar-refractivity contribution in [2.75, 3.05) is 23.5 Å². The van der Waals surface area contributed by atoms with Crippen molar-refractivity contribution in [2.45, 2.75) is 43.9 Å². The van der Waals surface area contributed by atoms with Gasteiger partial charge in [-0.15, -0.1) is 0 Å². The Balaban J connectivity index is 1.41. The number of benzene rings is 2. The summed E-state index contributed by atoms with van der Waals surface area (Å²) in [5.74, 6) is 0.795. The van der Waals surface area contributed by atoms with Crippen molar-refractivity contribution in [3.63, 3.8) is 0 Å². The first kappa shape index (κ1) is 23.0. The first-order chi connectivity index (χ1) is 15.7. The van der Waals surface area contributed by atoms with Crippen LogP contribution in [0.1, 0.15) is 30.4 Å². The Morgan fingerprint density at radius 3 is 2.75 bits per heavy atom. The zero-order valence-electron chi connectivity index (χ0n) is 18.0. The molecule has 1 aromatic heterocycles. The van der Waals surface area contributed by atoms with Gasteiger partial charge >= 0.3 is 0 Å². The monoisotopic (exact) mass is 514 g/mol. The molecule has 3 aromatic rings. The second-order valence-corrected chi connectivity index (χ2v) is 9.12. The minimum absolute atomic E-state index is 0.0766. The van der Waals surface area contributed by atoms with Crippen LogP contribution in [0.25, 0.3) is 0 Å². The van der Waals surface area contributed by atoms with E-state index in [1.807, 2.05) is 48.9 Å². The molecule has 2 aromatic carbocycles. The molecule has 8 heteroatoms. The highest BCUT2D eigenvalue weighted by atomic mass is 79.9. The van der Waals surface area contributed by atoms with Gasteiger partial charge in [0.2, 0.25) is 0 Å². The molecular weight excluding hydrogens is 488 g/mol. The number of nitrogens with zero attached hydrogens (tertiary/aromatic N) is 2. The smallest absolute Gasteiger partial charge is 0.189 e. The van der Waals surface area contributed by atoms with Crippen molar-refractivity contribution in [3.8, 4) is 0 Å². The van der Waals surface area contributed by atoms with Gasteiger partial charge in [0.1, 0.15) is 5.82 Å². The van der Waals surface area contributed by atoms with Crippen molar-refractivity contribution >= 4 is 44.9 Å². The van der Waals surface area contributed by atoms with Crippen LogP contribution in [0, 0.1) is 0 Å². The number of thioether (sulfide) groups is 1. The standard InChI is InChI=1S/C24H27BrN4O2S/c1-32-24-27-15-18(14-26-21-7-3-2-6-20(21)25)23(29-24)28-19-11-9-17(10-12-19)16-31-22-8-4-5-13-30-22/h2-3,6-7,9-12,15,22,26H,4-5,8,13-14,16H2,1H3,(H,27,28,29). The molecule has 4 rings (SSSR count). The summed E-state index contributed by atoms with van der Waals surface area (Å²) in [6, 6.07) is 16.3. The van der Waals surface area contributed by atoms with E-state index >= 15 is 0 Å². The second kappa shape index (κ2) is 11.7. The third-order valence-electron chi connectivity index (χ3n) is 5.16. The molecule has 1 unspecified atom stereocenters. The molecule has 0 amide bonds. The number of anilines is 3. The molecule has 168 valence electrons. The SMILES string of the molecule is CSc1ncc(CNc2ccccc2Br)c(Nc2ccc(COC3CCCCO3)cc2)n1. The summed E-state index contributed by atoms with van der Waals surface area (Å²) in [6.07, 6.45) is 7.04. The van der Waals surface area contributed by atoms with Crippen molar-refractivity contribution in [2.24, 2.45) is 0 Å². The van der Waals surface area contributed by atoms with E-state index in [9.17, 15) is 0 Å². The lowest BCUT2D eigenvalue weighted by Gasteiger charge is -2.22. The maximum Gasteiger partial charge on any atom is 0.189 e. The van der Waals surface area contributed by atoms with Crippen LogP contribution in [0.15, 0.2) is 64.4 Å². The summed E-state index contributed by atoms with van der Waals surface area (Å²) in [5, 5.41) is 7.63. The van der Waals surface area contributed by atoms with Gasteiger partial charge in [0.25, 0.3) is 0 Å². The third-order valence-corrected chi connectivity index (χ3v) is 6.41. The molecule has 0 aliphatic carbocycles. The Morgan fingerprint density at radius 1 is 1.16 bits per heavy atom. The highest BCUT2D eigenvalue weighted by Crippen LogP contribution is 2.25. The maximum atomic E-state index is 5.88. The first-order valence-corrected chi connectivity index (χ1v) is 12.7. The molecular formula is C24H27BrN4O2S. The summed E-state index contributed by atoms with van der Waals surface area (Å²) < 4.78 is 12.5. The van der Waals surface area contributed by atoms with E-state index < -0.39 is 0 Å². The largest absolute Gasteiger partial charge is 0.380 e. The molecule has 1 aliphatic rings. The van der Waals surface area contributed by atoms with Gasteiger partial charge in [0.15, 0.2) is 11.4 Å². The Morgan fingerprint density at radius 2 is 2.00 bits per heavy atom. The number of rotatable bonds is 9. The van der Waals surface area contributed by atoms with Crippen molar-refractivity contribution in [1.82, 2.24) is 9.97 Å². The molecule has 2 N–H and O–H groups in total. The van der Waals surface area contributed by atoms with Gasteiger partial charge in [-0.05, 0) is 71.3 Å². The number of halogens is 1. The van der Waals surface area contributed by atoms with Gasteiger partial charge in [-0.2, -0.15) is 0 Å². The summed E-state index contributed by atoms with van der Waals surface area (Å²) in [6.45, 7) is 1.95. The van der Waals surface area contributed by atoms with E-state index in [0.29, 0.717) is 13.2 Å². The molecule has 0 bridgehead atoms. The van der Waals surface area contributed by atoms with E-state index in [0.717, 1.165) is 57.4 Å². The number of para-hydroxylation sites is 1. The summed E-state index contributed by atoms with van der Waals surface area (Å²) in [7, 11) is 0. The fourth-order valence-electron chi connectivity index (χ4n) is 3.37. The van der Waals surface area contributed by atoms with Gasteiger partial charge in [0, 0.05) is 40.8 Å². The highest BCUT2D eigenvalue weighted by molar-refractivity contribution is 9.10. The molecule has 32 heavy (non-hydrogen) atoms. The second-order valence-electron chi connectivity index (χ2n) is 7.49. The van der Waals surface area contributed by atoms with Gasteiger partial charge in [-0.25, -0.2) is 9.97 Å². The van der Waals surface area contributed by atoms with E-state index in [4.69, 9.17) is 9.47 Å².